The third-order valence-electron chi connectivity index (χ3n) is 2.97. The average molecular weight is 322 g/mol. The number of aromatic nitrogens is 2. The molecule has 2 unspecified atom stereocenters. The standard InChI is InChI=1S/C15H24ClN.C3H4N2/c1-5-7-9-13(3)14(12-17-4)10-11-15(16)8-6-2;1-2-4-5-3-1/h5-6,10-11,14-15,17H,1-3,7-9,12H2,4H3;1-3H,(H,4,5)/b11-10+;. The molecule has 1 aromatic heterocycles. The van der Waals surface area contributed by atoms with Crippen molar-refractivity contribution in [3.8, 4) is 0 Å². The predicted octanol–water partition coefficient (Wildman–Crippen LogP) is 4.49. The summed E-state index contributed by atoms with van der Waals surface area (Å²) in [5.74, 6) is 0.339. The zero-order chi connectivity index (χ0) is 16.6. The monoisotopic (exact) mass is 321 g/mol. The van der Waals surface area contributed by atoms with Gasteiger partial charge in [-0.05, 0) is 32.4 Å². The van der Waals surface area contributed by atoms with Crippen LogP contribution in [-0.2, 0) is 0 Å². The maximum atomic E-state index is 6.11. The highest BCUT2D eigenvalue weighted by Gasteiger charge is 2.08. The second kappa shape index (κ2) is 14.4. The Kier molecular flexibility index (Phi) is 13.3. The first-order chi connectivity index (χ1) is 10.7. The van der Waals surface area contributed by atoms with Gasteiger partial charge in [0.15, 0.2) is 0 Å². The zero-order valence-corrected chi connectivity index (χ0v) is 14.2. The summed E-state index contributed by atoms with van der Waals surface area (Å²) in [6.07, 6.45) is 14.1. The van der Waals surface area contributed by atoms with Gasteiger partial charge in [0, 0.05) is 24.9 Å². The number of nitrogens with zero attached hydrogens (tertiary/aromatic N) is 1. The molecule has 0 aliphatic carbocycles. The number of allylic oxidation sites excluding steroid dienone is 3. The van der Waals surface area contributed by atoms with Crippen LogP contribution < -0.4 is 5.32 Å². The highest BCUT2D eigenvalue weighted by molar-refractivity contribution is 6.21. The predicted molar refractivity (Wildman–Crippen MR) is 98.2 cm³/mol. The van der Waals surface area contributed by atoms with Gasteiger partial charge in [-0.3, -0.25) is 5.10 Å². The van der Waals surface area contributed by atoms with E-state index in [-0.39, 0.29) is 5.38 Å². The van der Waals surface area contributed by atoms with Crippen LogP contribution >= 0.6 is 11.6 Å². The molecule has 0 fully saturated rings. The van der Waals surface area contributed by atoms with Gasteiger partial charge in [0.2, 0.25) is 0 Å². The summed E-state index contributed by atoms with van der Waals surface area (Å²) >= 11 is 6.11. The van der Waals surface area contributed by atoms with Crippen LogP contribution in [0.2, 0.25) is 0 Å². The molecule has 2 atom stereocenters. The minimum atomic E-state index is 0.0269. The number of alkyl halides is 1. The third kappa shape index (κ3) is 11.1. The Morgan fingerprint density at radius 1 is 1.36 bits per heavy atom. The lowest BCUT2D eigenvalue weighted by Crippen LogP contribution is -2.19. The molecule has 22 heavy (non-hydrogen) atoms. The summed E-state index contributed by atoms with van der Waals surface area (Å²) in [4.78, 5) is 0. The molecule has 0 saturated carbocycles. The summed E-state index contributed by atoms with van der Waals surface area (Å²) in [6, 6.07) is 1.83. The van der Waals surface area contributed by atoms with Crippen LogP contribution in [0.5, 0.6) is 0 Å². The number of H-pyrrole nitrogens is 1. The molecule has 1 rings (SSSR count). The van der Waals surface area contributed by atoms with Gasteiger partial charge in [-0.2, -0.15) is 5.10 Å². The lowest BCUT2D eigenvalue weighted by molar-refractivity contribution is 0.647. The van der Waals surface area contributed by atoms with Crippen LogP contribution in [-0.4, -0.2) is 29.2 Å². The van der Waals surface area contributed by atoms with Crippen molar-refractivity contribution >= 4 is 11.6 Å². The summed E-state index contributed by atoms with van der Waals surface area (Å²) in [5.41, 5.74) is 1.22. The first kappa shape index (κ1) is 20.4. The molecule has 0 amide bonds. The van der Waals surface area contributed by atoms with Crippen LogP contribution in [0.3, 0.4) is 0 Å². The molecular weight excluding hydrogens is 294 g/mol. The Bertz CT molecular complexity index is 406. The molecular formula is C18H28ClN3. The molecule has 0 radical (unpaired) electrons. The summed E-state index contributed by atoms with van der Waals surface area (Å²) < 4.78 is 0. The van der Waals surface area contributed by atoms with Gasteiger partial charge in [-0.1, -0.05) is 36.5 Å². The van der Waals surface area contributed by atoms with E-state index in [1.807, 2.05) is 31.3 Å². The lowest BCUT2D eigenvalue weighted by atomic mass is 9.95. The Hall–Kier alpha value is -1.58. The van der Waals surface area contributed by atoms with Crippen molar-refractivity contribution in [2.75, 3.05) is 13.6 Å². The summed E-state index contributed by atoms with van der Waals surface area (Å²) in [6.45, 7) is 12.4. The second-order valence-electron chi connectivity index (χ2n) is 4.84. The van der Waals surface area contributed by atoms with Crippen molar-refractivity contribution < 1.29 is 0 Å². The van der Waals surface area contributed by atoms with Gasteiger partial charge in [0.05, 0.1) is 5.38 Å². The van der Waals surface area contributed by atoms with Gasteiger partial charge in [0.25, 0.3) is 0 Å². The van der Waals surface area contributed by atoms with Crippen LogP contribution in [0.25, 0.3) is 0 Å². The molecule has 0 aliphatic rings. The largest absolute Gasteiger partial charge is 0.319 e. The first-order valence-electron chi connectivity index (χ1n) is 7.45. The normalized spacial score (nSPS) is 13.0. The number of rotatable bonds is 10. The van der Waals surface area contributed by atoms with E-state index in [9.17, 15) is 0 Å². The minimum Gasteiger partial charge on any atom is -0.319 e. The Balaban J connectivity index is 0.000000734. The van der Waals surface area contributed by atoms with E-state index in [1.54, 1.807) is 12.4 Å². The second-order valence-corrected chi connectivity index (χ2v) is 5.40. The SMILES string of the molecule is C=CCCC(=C)C(/C=C/C(Cl)CC=C)CNC.c1cn[nH]c1. The number of hydrogen-bond acceptors (Lipinski definition) is 2. The summed E-state index contributed by atoms with van der Waals surface area (Å²) in [7, 11) is 1.95. The first-order valence-corrected chi connectivity index (χ1v) is 7.89. The quantitative estimate of drug-likeness (QED) is 0.492. The fourth-order valence-corrected chi connectivity index (χ4v) is 1.96. The highest BCUT2D eigenvalue weighted by Crippen LogP contribution is 2.17. The number of hydrogen-bond donors (Lipinski definition) is 2. The number of nitrogens with one attached hydrogen (secondary N) is 2. The van der Waals surface area contributed by atoms with E-state index in [2.05, 4.69) is 41.3 Å². The van der Waals surface area contributed by atoms with Crippen molar-refractivity contribution in [1.82, 2.24) is 15.5 Å². The molecule has 0 bridgehead atoms. The van der Waals surface area contributed by atoms with E-state index in [0.717, 1.165) is 25.8 Å². The smallest absolute Gasteiger partial charge is 0.0550 e. The fraction of sp³-hybridized carbons (Fsp3) is 0.389. The summed E-state index contributed by atoms with van der Waals surface area (Å²) in [5, 5.41) is 9.41. The molecule has 2 N–H and O–H groups in total. The van der Waals surface area contributed by atoms with Gasteiger partial charge >= 0.3 is 0 Å². The molecule has 122 valence electrons. The molecule has 4 heteroatoms. The van der Waals surface area contributed by atoms with E-state index >= 15 is 0 Å². The van der Waals surface area contributed by atoms with Crippen molar-refractivity contribution in [3.05, 3.63) is 68.1 Å². The lowest BCUT2D eigenvalue weighted by Gasteiger charge is -2.15. The van der Waals surface area contributed by atoms with Gasteiger partial charge < -0.3 is 5.32 Å². The third-order valence-corrected chi connectivity index (χ3v) is 3.29. The van der Waals surface area contributed by atoms with Crippen LogP contribution in [0.1, 0.15) is 19.3 Å². The van der Waals surface area contributed by atoms with E-state index in [0.29, 0.717) is 5.92 Å². The minimum absolute atomic E-state index is 0.0269. The van der Waals surface area contributed by atoms with Gasteiger partial charge in [0.1, 0.15) is 0 Å². The maximum Gasteiger partial charge on any atom is 0.0550 e. The number of aromatic amines is 1. The van der Waals surface area contributed by atoms with E-state index in [4.69, 9.17) is 11.6 Å². The molecule has 3 nitrogen and oxygen atoms in total. The van der Waals surface area contributed by atoms with Crippen molar-refractivity contribution in [2.45, 2.75) is 24.6 Å². The van der Waals surface area contributed by atoms with Crippen LogP contribution in [0.4, 0.5) is 0 Å². The Morgan fingerprint density at radius 2 is 2.14 bits per heavy atom. The van der Waals surface area contributed by atoms with Crippen molar-refractivity contribution in [3.63, 3.8) is 0 Å². The molecule has 1 heterocycles. The van der Waals surface area contributed by atoms with E-state index in [1.165, 1.54) is 5.57 Å². The van der Waals surface area contributed by atoms with Crippen molar-refractivity contribution in [1.29, 1.82) is 0 Å². The van der Waals surface area contributed by atoms with Gasteiger partial charge in [-0.25, -0.2) is 0 Å². The molecule has 0 aliphatic heterocycles. The topological polar surface area (TPSA) is 40.7 Å². The molecule has 1 aromatic rings. The van der Waals surface area contributed by atoms with Gasteiger partial charge in [-0.15, -0.1) is 24.8 Å². The maximum absolute atomic E-state index is 6.11. The average Bonchev–Trinajstić information content (AvgIpc) is 3.09. The van der Waals surface area contributed by atoms with Crippen LogP contribution in [0, 0.1) is 5.92 Å². The van der Waals surface area contributed by atoms with Crippen LogP contribution in [0.15, 0.2) is 68.1 Å². The Labute approximate surface area is 139 Å². The fourth-order valence-electron chi connectivity index (χ4n) is 1.75. The number of halogens is 1. The van der Waals surface area contributed by atoms with Crippen molar-refractivity contribution in [2.24, 2.45) is 5.92 Å². The molecule has 0 spiro atoms. The van der Waals surface area contributed by atoms with E-state index < -0.39 is 0 Å². The Morgan fingerprint density at radius 3 is 2.59 bits per heavy atom. The molecule has 0 aromatic carbocycles. The zero-order valence-electron chi connectivity index (χ0n) is 13.5. The molecule has 0 saturated heterocycles. The highest BCUT2D eigenvalue weighted by atomic mass is 35.5.